The molecule has 24 valence electrons. The second-order valence-corrected chi connectivity index (χ2v) is 0. The van der Waals surface area contributed by atoms with Gasteiger partial charge in [0.05, 0.1) is 0 Å². The van der Waals surface area contributed by atoms with E-state index in [1.807, 2.05) is 0 Å². The summed E-state index contributed by atoms with van der Waals surface area (Å²) in [6.45, 7) is 0. The third-order valence-electron chi connectivity index (χ3n) is 0. The third kappa shape index (κ3) is 21.6. The smallest absolute Gasteiger partial charge is 2.00 e. The molecule has 2 nitrogen and oxygen atoms in total. The predicted molar refractivity (Wildman–Crippen MR) is 1.37 cm³/mol. The van der Waals surface area contributed by atoms with E-state index in [0.29, 0.717) is 0 Å². The van der Waals surface area contributed by atoms with E-state index in [1.54, 1.807) is 0 Å². The molecular formula is HfO2TiZr. The standard InChI is InChI=1S/Hf.2O.Ti.Zr/q;2*-2;;+4. The molecule has 0 bridgehead atoms. The fourth-order valence-electron chi connectivity index (χ4n) is 0. The number of hydrogen-bond donors (Lipinski definition) is 0. The van der Waals surface area contributed by atoms with Crippen molar-refractivity contribution in [3.63, 3.8) is 0 Å². The van der Waals surface area contributed by atoms with Crippen LogP contribution >= 0.6 is 0 Å². The molecule has 0 heterocycles. The first-order chi connectivity index (χ1) is 0. The fourth-order valence-corrected chi connectivity index (χ4v) is 0. The van der Waals surface area contributed by atoms with Gasteiger partial charge in [-0.1, -0.05) is 0 Å². The van der Waals surface area contributed by atoms with E-state index in [9.17, 15) is 0 Å². The second-order valence-electron chi connectivity index (χ2n) is 0. The Bertz CT molecular complexity index is 9.61. The first kappa shape index (κ1) is 52.9. The first-order valence-corrected chi connectivity index (χ1v) is 0. The number of hydrogen-bond acceptors (Lipinski definition) is 0. The largest absolute Gasteiger partial charge is 4.00 e. The molecule has 0 aromatic carbocycles. The SMILES string of the molecule is [Hf].[O-2].[O-2].[Ti].[Zr+4]. The van der Waals surface area contributed by atoms with Gasteiger partial charge in [-0.15, -0.1) is 0 Å². The molecule has 0 aliphatic heterocycles. The Morgan fingerprint density at radius 1 is 0.800 bits per heavy atom. The zero-order valence-electron chi connectivity index (χ0n) is 2.32. The molecule has 0 fully saturated rings. The maximum atomic E-state index is 0. The Balaban J connectivity index is 0. The van der Waals surface area contributed by atoms with Crippen LogP contribution in [0.2, 0.25) is 0 Å². The van der Waals surface area contributed by atoms with Gasteiger partial charge in [-0.3, -0.25) is 0 Å². The summed E-state index contributed by atoms with van der Waals surface area (Å²) in [5.41, 5.74) is 0. The first-order valence-electron chi connectivity index (χ1n) is 0. The normalized spacial score (nSPS) is 0. The Morgan fingerprint density at radius 3 is 0.800 bits per heavy atom. The molecular weight excluding hydrogens is 350 g/mol. The van der Waals surface area contributed by atoms with Crippen molar-refractivity contribution in [3.05, 3.63) is 0 Å². The van der Waals surface area contributed by atoms with E-state index < -0.39 is 0 Å². The van der Waals surface area contributed by atoms with Gasteiger partial charge in [0.2, 0.25) is 0 Å². The van der Waals surface area contributed by atoms with E-state index in [-0.39, 0.29) is 84.7 Å². The molecule has 0 radical (unpaired) electrons. The molecule has 0 aliphatic rings. The van der Waals surface area contributed by atoms with Crippen LogP contribution in [0.5, 0.6) is 0 Å². The summed E-state index contributed by atoms with van der Waals surface area (Å²) in [6, 6.07) is 0. The minimum absolute atomic E-state index is 0. The zero-order valence-corrected chi connectivity index (χ0v) is 9.93. The van der Waals surface area contributed by atoms with Gasteiger partial charge in [-0.2, -0.15) is 0 Å². The molecule has 0 unspecified atom stereocenters. The Hall–Kier alpha value is 2.39. The van der Waals surface area contributed by atoms with Crippen molar-refractivity contribution >= 4 is 0 Å². The monoisotopic (exact) mass is 350 g/mol. The molecule has 0 saturated heterocycles. The Kier molecular flexibility index (Phi) is 344. The van der Waals surface area contributed by atoms with Crippen LogP contribution in [0, 0.1) is 0 Å². The maximum Gasteiger partial charge on any atom is 4.00 e. The van der Waals surface area contributed by atoms with E-state index in [2.05, 4.69) is 0 Å². The average Bonchev–Trinajstić information content (AvgIpc) is 0. The van der Waals surface area contributed by atoms with Crippen molar-refractivity contribution in [2.45, 2.75) is 0 Å². The summed E-state index contributed by atoms with van der Waals surface area (Å²) in [4.78, 5) is 0. The maximum absolute atomic E-state index is 0. The number of rotatable bonds is 0. The van der Waals surface area contributed by atoms with Gasteiger partial charge in [-0.25, -0.2) is 0 Å². The Labute approximate surface area is 83.5 Å². The topological polar surface area (TPSA) is 57.0 Å². The van der Waals surface area contributed by atoms with E-state index in [0.717, 1.165) is 0 Å². The molecule has 0 spiro atoms. The van der Waals surface area contributed by atoms with Crippen LogP contribution in [-0.2, 0) is 84.7 Å². The van der Waals surface area contributed by atoms with Gasteiger partial charge in [0.15, 0.2) is 0 Å². The second kappa shape index (κ2) is 32.5. The summed E-state index contributed by atoms with van der Waals surface area (Å²) in [5, 5.41) is 0. The van der Waals surface area contributed by atoms with Crippen LogP contribution in [0.3, 0.4) is 0 Å². The predicted octanol–water partition coefficient (Wildman–Crippen LogP) is -0.245. The molecule has 5 heteroatoms. The summed E-state index contributed by atoms with van der Waals surface area (Å²) < 4.78 is 0. The van der Waals surface area contributed by atoms with Gasteiger partial charge in [0, 0.05) is 47.6 Å². The van der Waals surface area contributed by atoms with E-state index >= 15 is 0 Å². The van der Waals surface area contributed by atoms with Crippen molar-refractivity contribution in [3.8, 4) is 0 Å². The Morgan fingerprint density at radius 2 is 0.800 bits per heavy atom. The zero-order chi connectivity index (χ0) is 0. The van der Waals surface area contributed by atoms with Crippen molar-refractivity contribution in [2.75, 3.05) is 0 Å². The minimum Gasteiger partial charge on any atom is -2.00 e. The molecule has 0 N–H and O–H groups in total. The molecule has 0 amide bonds. The van der Waals surface area contributed by atoms with Crippen LogP contribution in [0.25, 0.3) is 0 Å². The van der Waals surface area contributed by atoms with E-state index in [4.69, 9.17) is 0 Å². The van der Waals surface area contributed by atoms with Crippen molar-refractivity contribution in [1.29, 1.82) is 0 Å². The van der Waals surface area contributed by atoms with Gasteiger partial charge >= 0.3 is 26.2 Å². The van der Waals surface area contributed by atoms with Crippen molar-refractivity contribution in [2.24, 2.45) is 0 Å². The molecule has 0 atom stereocenters. The summed E-state index contributed by atoms with van der Waals surface area (Å²) in [5.74, 6) is 0. The van der Waals surface area contributed by atoms with Gasteiger partial charge in [0.1, 0.15) is 0 Å². The van der Waals surface area contributed by atoms with Crippen LogP contribution in [0.1, 0.15) is 0 Å². The summed E-state index contributed by atoms with van der Waals surface area (Å²) >= 11 is 0. The van der Waals surface area contributed by atoms with Crippen LogP contribution in [0.15, 0.2) is 0 Å². The van der Waals surface area contributed by atoms with Gasteiger partial charge in [-0.05, 0) is 0 Å². The average molecular weight is 350 g/mol. The minimum atomic E-state index is 0. The molecule has 0 saturated carbocycles. The summed E-state index contributed by atoms with van der Waals surface area (Å²) in [6.07, 6.45) is 0. The third-order valence-corrected chi connectivity index (χ3v) is 0. The van der Waals surface area contributed by atoms with Crippen molar-refractivity contribution in [1.82, 2.24) is 0 Å². The fraction of sp³-hybridized carbons (Fsp3) is 0. The molecule has 0 aromatic heterocycles. The molecule has 0 rings (SSSR count). The summed E-state index contributed by atoms with van der Waals surface area (Å²) in [7, 11) is 0. The van der Waals surface area contributed by atoms with E-state index in [1.165, 1.54) is 0 Å². The van der Waals surface area contributed by atoms with Crippen LogP contribution in [0.4, 0.5) is 0 Å². The molecule has 0 aromatic rings. The van der Waals surface area contributed by atoms with Gasteiger partial charge < -0.3 is 11.0 Å². The van der Waals surface area contributed by atoms with Gasteiger partial charge in [0.25, 0.3) is 0 Å². The van der Waals surface area contributed by atoms with Crippen molar-refractivity contribution < 1.29 is 84.7 Å². The van der Waals surface area contributed by atoms with Crippen LogP contribution < -0.4 is 0 Å². The molecule has 5 heavy (non-hydrogen) atoms. The molecule has 0 aliphatic carbocycles. The van der Waals surface area contributed by atoms with Crippen LogP contribution in [-0.4, -0.2) is 0 Å². The quantitative estimate of drug-likeness (QED) is 0.542.